The molecule has 2 rings (SSSR count). The summed E-state index contributed by atoms with van der Waals surface area (Å²) in [5, 5.41) is 2.90. The number of carbonyl (C=O) groups is 2. The summed E-state index contributed by atoms with van der Waals surface area (Å²) in [6, 6.07) is 5.92. The molecule has 1 aromatic rings. The number of nitrogens with zero attached hydrogens (tertiary/aromatic N) is 1. The fourth-order valence-corrected chi connectivity index (χ4v) is 3.32. The summed E-state index contributed by atoms with van der Waals surface area (Å²) in [5.41, 5.74) is 0.664. The molecular weight excluding hydrogens is 344 g/mol. The number of amides is 2. The summed E-state index contributed by atoms with van der Waals surface area (Å²) < 4.78 is 10.7. The molecule has 1 unspecified atom stereocenters. The average molecular weight is 376 g/mol. The van der Waals surface area contributed by atoms with E-state index in [1.165, 1.54) is 0 Å². The topological polar surface area (TPSA) is 67.9 Å². The Balaban J connectivity index is 1.93. The Morgan fingerprint density at radius 2 is 1.89 bits per heavy atom. The minimum absolute atomic E-state index is 0.0133. The summed E-state index contributed by atoms with van der Waals surface area (Å²) >= 11 is 0. The molecule has 1 saturated heterocycles. The van der Waals surface area contributed by atoms with Crippen LogP contribution in [0, 0.1) is 5.41 Å². The molecule has 1 fully saturated rings. The Labute approximate surface area is 162 Å². The first kappa shape index (κ1) is 21.1. The lowest BCUT2D eigenvalue weighted by atomic mass is 9.96. The van der Waals surface area contributed by atoms with Gasteiger partial charge in [-0.2, -0.15) is 0 Å². The number of ether oxygens (including phenoxy) is 2. The van der Waals surface area contributed by atoms with Crippen molar-refractivity contribution >= 4 is 11.8 Å². The molecule has 1 N–H and O–H groups in total. The number of hydrogen-bond donors (Lipinski definition) is 1. The highest BCUT2D eigenvalue weighted by Gasteiger charge is 2.30. The lowest BCUT2D eigenvalue weighted by molar-refractivity contribution is -0.133. The zero-order chi connectivity index (χ0) is 20.0. The van der Waals surface area contributed by atoms with Crippen LogP contribution in [0.15, 0.2) is 18.2 Å². The zero-order valence-corrected chi connectivity index (χ0v) is 17.1. The SMILES string of the molecule is COc1ccc(C2CCCN2C(=O)CCCNC(=O)C(C)(C)C)cc1OC. The van der Waals surface area contributed by atoms with Gasteiger partial charge in [-0.3, -0.25) is 9.59 Å². The number of likely N-dealkylation sites (tertiary alicyclic amines) is 1. The summed E-state index contributed by atoms with van der Waals surface area (Å²) in [4.78, 5) is 26.5. The Hall–Kier alpha value is -2.24. The van der Waals surface area contributed by atoms with Crippen molar-refractivity contribution in [2.24, 2.45) is 5.41 Å². The Bertz CT molecular complexity index is 667. The number of carbonyl (C=O) groups excluding carboxylic acids is 2. The summed E-state index contributed by atoms with van der Waals surface area (Å²) in [6.45, 7) is 6.94. The molecule has 1 aliphatic rings. The van der Waals surface area contributed by atoms with Crippen LogP contribution in [0.25, 0.3) is 0 Å². The smallest absolute Gasteiger partial charge is 0.225 e. The molecule has 6 nitrogen and oxygen atoms in total. The maximum absolute atomic E-state index is 12.7. The first-order chi connectivity index (χ1) is 12.8. The van der Waals surface area contributed by atoms with Crippen molar-refractivity contribution in [1.82, 2.24) is 10.2 Å². The first-order valence-electron chi connectivity index (χ1n) is 9.57. The second-order valence-corrected chi connectivity index (χ2v) is 7.97. The summed E-state index contributed by atoms with van der Waals surface area (Å²) in [6.07, 6.45) is 3.03. The molecule has 0 bridgehead atoms. The van der Waals surface area contributed by atoms with Gasteiger partial charge in [0.25, 0.3) is 0 Å². The van der Waals surface area contributed by atoms with Crippen LogP contribution >= 0.6 is 0 Å². The molecule has 0 aromatic heterocycles. The highest BCUT2D eigenvalue weighted by Crippen LogP contribution is 2.37. The molecule has 1 aliphatic heterocycles. The van der Waals surface area contributed by atoms with Gasteiger partial charge in [0, 0.05) is 24.9 Å². The van der Waals surface area contributed by atoms with Crippen LogP contribution in [0.4, 0.5) is 0 Å². The van der Waals surface area contributed by atoms with Gasteiger partial charge < -0.3 is 19.7 Å². The molecular formula is C21H32N2O4. The van der Waals surface area contributed by atoms with E-state index in [1.54, 1.807) is 14.2 Å². The van der Waals surface area contributed by atoms with E-state index in [0.29, 0.717) is 30.9 Å². The van der Waals surface area contributed by atoms with E-state index < -0.39 is 5.41 Å². The normalized spacial score (nSPS) is 16.9. The molecule has 1 aromatic carbocycles. The predicted molar refractivity (Wildman–Crippen MR) is 105 cm³/mol. The minimum atomic E-state index is -0.405. The molecule has 0 spiro atoms. The minimum Gasteiger partial charge on any atom is -0.493 e. The predicted octanol–water partition coefficient (Wildman–Crippen LogP) is 3.31. The van der Waals surface area contributed by atoms with E-state index in [2.05, 4.69) is 5.32 Å². The number of methoxy groups -OCH3 is 2. The van der Waals surface area contributed by atoms with E-state index >= 15 is 0 Å². The van der Waals surface area contributed by atoms with Crippen LogP contribution in [0.3, 0.4) is 0 Å². The molecule has 1 atom stereocenters. The molecule has 27 heavy (non-hydrogen) atoms. The number of benzene rings is 1. The van der Waals surface area contributed by atoms with E-state index in [1.807, 2.05) is 43.9 Å². The van der Waals surface area contributed by atoms with Gasteiger partial charge in [-0.05, 0) is 37.0 Å². The third-order valence-electron chi connectivity index (χ3n) is 4.90. The van der Waals surface area contributed by atoms with Gasteiger partial charge in [-0.25, -0.2) is 0 Å². The molecule has 0 aliphatic carbocycles. The molecule has 0 radical (unpaired) electrons. The maximum Gasteiger partial charge on any atom is 0.225 e. The second kappa shape index (κ2) is 9.11. The van der Waals surface area contributed by atoms with Crippen LogP contribution in [-0.4, -0.2) is 44.0 Å². The van der Waals surface area contributed by atoms with Gasteiger partial charge in [0.2, 0.25) is 11.8 Å². The quantitative estimate of drug-likeness (QED) is 0.742. The van der Waals surface area contributed by atoms with Crippen LogP contribution < -0.4 is 14.8 Å². The number of rotatable bonds is 7. The first-order valence-corrected chi connectivity index (χ1v) is 9.57. The average Bonchev–Trinajstić information content (AvgIpc) is 3.13. The van der Waals surface area contributed by atoms with Crippen molar-refractivity contribution in [3.8, 4) is 11.5 Å². The molecule has 1 heterocycles. The lowest BCUT2D eigenvalue weighted by Crippen LogP contribution is -2.36. The molecule has 6 heteroatoms. The van der Waals surface area contributed by atoms with Gasteiger partial charge in [0.1, 0.15) is 0 Å². The van der Waals surface area contributed by atoms with Crippen molar-refractivity contribution in [2.45, 2.75) is 52.5 Å². The van der Waals surface area contributed by atoms with Gasteiger partial charge >= 0.3 is 0 Å². The fourth-order valence-electron chi connectivity index (χ4n) is 3.32. The number of hydrogen-bond acceptors (Lipinski definition) is 4. The highest BCUT2D eigenvalue weighted by atomic mass is 16.5. The molecule has 2 amide bonds. The second-order valence-electron chi connectivity index (χ2n) is 7.97. The molecule has 150 valence electrons. The van der Waals surface area contributed by atoms with Crippen molar-refractivity contribution in [2.75, 3.05) is 27.3 Å². The van der Waals surface area contributed by atoms with Crippen LogP contribution in [0.1, 0.15) is 58.1 Å². The van der Waals surface area contributed by atoms with E-state index in [4.69, 9.17) is 9.47 Å². The lowest BCUT2D eigenvalue weighted by Gasteiger charge is -2.26. The van der Waals surface area contributed by atoms with Gasteiger partial charge in [-0.15, -0.1) is 0 Å². The van der Waals surface area contributed by atoms with Crippen LogP contribution in [0.5, 0.6) is 11.5 Å². The largest absolute Gasteiger partial charge is 0.493 e. The van der Waals surface area contributed by atoms with E-state index in [-0.39, 0.29) is 17.9 Å². The van der Waals surface area contributed by atoms with Gasteiger partial charge in [0.15, 0.2) is 11.5 Å². The van der Waals surface area contributed by atoms with E-state index in [9.17, 15) is 9.59 Å². The Morgan fingerprint density at radius 1 is 1.19 bits per heavy atom. The van der Waals surface area contributed by atoms with Gasteiger partial charge in [-0.1, -0.05) is 26.8 Å². The van der Waals surface area contributed by atoms with Crippen molar-refractivity contribution < 1.29 is 19.1 Å². The van der Waals surface area contributed by atoms with Crippen molar-refractivity contribution in [3.63, 3.8) is 0 Å². The third-order valence-corrected chi connectivity index (χ3v) is 4.90. The van der Waals surface area contributed by atoms with Gasteiger partial charge in [0.05, 0.1) is 20.3 Å². The third kappa shape index (κ3) is 5.37. The standard InChI is InChI=1S/C21H32N2O4/c1-21(2,3)20(25)22-12-6-9-19(24)23-13-7-8-16(23)15-10-11-17(26-4)18(14-15)27-5/h10-11,14,16H,6-9,12-13H2,1-5H3,(H,22,25). The monoisotopic (exact) mass is 376 g/mol. The van der Waals surface area contributed by atoms with Crippen LogP contribution in [0.2, 0.25) is 0 Å². The maximum atomic E-state index is 12.7. The van der Waals surface area contributed by atoms with Crippen LogP contribution in [-0.2, 0) is 9.59 Å². The Morgan fingerprint density at radius 3 is 2.52 bits per heavy atom. The summed E-state index contributed by atoms with van der Waals surface area (Å²) in [5.74, 6) is 1.52. The van der Waals surface area contributed by atoms with E-state index in [0.717, 1.165) is 24.9 Å². The van der Waals surface area contributed by atoms with Crippen molar-refractivity contribution in [3.05, 3.63) is 23.8 Å². The Kier molecular flexibility index (Phi) is 7.11. The highest BCUT2D eigenvalue weighted by molar-refractivity contribution is 5.81. The summed E-state index contributed by atoms with van der Waals surface area (Å²) in [7, 11) is 3.23. The fraction of sp³-hybridized carbons (Fsp3) is 0.619. The zero-order valence-electron chi connectivity index (χ0n) is 17.1. The molecule has 0 saturated carbocycles. The number of nitrogens with one attached hydrogen (secondary N) is 1. The van der Waals surface area contributed by atoms with Crippen molar-refractivity contribution in [1.29, 1.82) is 0 Å².